The van der Waals surface area contributed by atoms with E-state index in [1.54, 1.807) is 31.5 Å². The van der Waals surface area contributed by atoms with Gasteiger partial charge in [-0.15, -0.1) is 0 Å². The van der Waals surface area contributed by atoms with Gasteiger partial charge in [-0.3, -0.25) is 4.79 Å². The summed E-state index contributed by atoms with van der Waals surface area (Å²) in [4.78, 5) is 24.4. The predicted molar refractivity (Wildman–Crippen MR) is 120 cm³/mol. The van der Waals surface area contributed by atoms with Crippen molar-refractivity contribution in [2.75, 3.05) is 25.5 Å². The van der Waals surface area contributed by atoms with Crippen molar-refractivity contribution in [3.05, 3.63) is 52.8 Å². The fourth-order valence-electron chi connectivity index (χ4n) is 3.83. The minimum Gasteiger partial charge on any atom is -0.495 e. The molecule has 2 aromatic heterocycles. The van der Waals surface area contributed by atoms with E-state index >= 15 is 0 Å². The number of nitrogens with one attached hydrogen (secondary N) is 1. The molecule has 156 valence electrons. The molecule has 6 nitrogen and oxygen atoms in total. The van der Waals surface area contributed by atoms with Gasteiger partial charge >= 0.3 is 0 Å². The molecule has 1 amide bonds. The number of rotatable bonds is 4. The van der Waals surface area contributed by atoms with Crippen LogP contribution in [0.3, 0.4) is 0 Å². The lowest BCUT2D eigenvalue weighted by Crippen LogP contribution is -2.32. The van der Waals surface area contributed by atoms with Gasteiger partial charge in [0.1, 0.15) is 5.75 Å². The number of methoxy groups -OCH3 is 1. The Labute approximate surface area is 181 Å². The number of hydrogen-bond donors (Lipinski definition) is 1. The summed E-state index contributed by atoms with van der Waals surface area (Å²) in [5, 5.41) is 4.75. The van der Waals surface area contributed by atoms with E-state index in [2.05, 4.69) is 15.3 Å². The number of carbonyl (C=O) groups excluding carboxylic acids is 1. The lowest BCUT2D eigenvalue weighted by atomic mass is 10.1. The minimum atomic E-state index is -0.0182. The van der Waals surface area contributed by atoms with Crippen molar-refractivity contribution in [2.24, 2.45) is 0 Å². The van der Waals surface area contributed by atoms with Crippen LogP contribution in [-0.4, -0.2) is 41.0 Å². The van der Waals surface area contributed by atoms with E-state index in [9.17, 15) is 4.79 Å². The van der Waals surface area contributed by atoms with Crippen LogP contribution in [0.1, 0.15) is 41.7 Å². The van der Waals surface area contributed by atoms with Gasteiger partial charge in [-0.2, -0.15) is 0 Å². The maximum atomic E-state index is 13.5. The van der Waals surface area contributed by atoms with Gasteiger partial charge in [0, 0.05) is 35.4 Å². The Kier molecular flexibility index (Phi) is 6.04. The van der Waals surface area contributed by atoms with Gasteiger partial charge in [0.2, 0.25) is 0 Å². The molecule has 0 bridgehead atoms. The molecular formula is C23H25ClN4O2. The first kappa shape index (κ1) is 20.4. The summed E-state index contributed by atoms with van der Waals surface area (Å²) >= 11 is 6.23. The SMILES string of the molecule is COc1ccc(Cl)cc1Nc1c(C(=O)N2CCCCCC2)cnc2nc(C)ccc12. The zero-order valence-electron chi connectivity index (χ0n) is 17.2. The quantitative estimate of drug-likeness (QED) is 0.610. The largest absolute Gasteiger partial charge is 0.495 e. The number of benzene rings is 1. The van der Waals surface area contributed by atoms with Gasteiger partial charge in [-0.1, -0.05) is 24.4 Å². The molecule has 1 saturated heterocycles. The molecule has 0 aliphatic carbocycles. The summed E-state index contributed by atoms with van der Waals surface area (Å²) in [5.41, 5.74) is 3.33. The van der Waals surface area contributed by atoms with Gasteiger partial charge in [0.25, 0.3) is 5.91 Å². The van der Waals surface area contributed by atoms with Crippen molar-refractivity contribution in [3.63, 3.8) is 0 Å². The topological polar surface area (TPSA) is 67.3 Å². The Morgan fingerprint density at radius 2 is 1.90 bits per heavy atom. The standard InChI is InChI=1S/C23H25ClN4O2/c1-15-7-9-17-21(27-19-13-16(24)8-10-20(19)30-2)18(14-25-22(17)26-15)23(29)28-11-5-3-4-6-12-28/h7-10,13-14H,3-6,11-12H2,1-2H3,(H,25,26,27). The Bertz CT molecular complexity index is 1080. The maximum absolute atomic E-state index is 13.5. The number of nitrogens with zero attached hydrogens (tertiary/aromatic N) is 3. The third-order valence-electron chi connectivity index (χ3n) is 5.41. The van der Waals surface area contributed by atoms with Crippen molar-refractivity contribution >= 4 is 39.9 Å². The minimum absolute atomic E-state index is 0.0182. The molecular weight excluding hydrogens is 400 g/mol. The fourth-order valence-corrected chi connectivity index (χ4v) is 4.00. The molecule has 1 aliphatic rings. The van der Waals surface area contributed by atoms with Crippen LogP contribution >= 0.6 is 11.6 Å². The number of anilines is 2. The zero-order chi connectivity index (χ0) is 21.1. The van der Waals surface area contributed by atoms with Gasteiger partial charge < -0.3 is 15.0 Å². The molecule has 1 aliphatic heterocycles. The van der Waals surface area contributed by atoms with Gasteiger partial charge in [0.15, 0.2) is 5.65 Å². The van der Waals surface area contributed by atoms with Crippen molar-refractivity contribution in [1.82, 2.24) is 14.9 Å². The molecule has 0 saturated carbocycles. The fraction of sp³-hybridized carbons (Fsp3) is 0.348. The smallest absolute Gasteiger partial charge is 0.257 e. The van der Waals surface area contributed by atoms with Crippen LogP contribution < -0.4 is 10.1 Å². The highest BCUT2D eigenvalue weighted by Gasteiger charge is 2.23. The first-order valence-corrected chi connectivity index (χ1v) is 10.6. The van der Waals surface area contributed by atoms with Gasteiger partial charge in [0.05, 0.1) is 24.0 Å². The van der Waals surface area contributed by atoms with Crippen LogP contribution in [0.5, 0.6) is 5.75 Å². The Morgan fingerprint density at radius 3 is 2.63 bits per heavy atom. The summed E-state index contributed by atoms with van der Waals surface area (Å²) in [6.45, 7) is 3.45. The van der Waals surface area contributed by atoms with E-state index in [0.717, 1.165) is 49.9 Å². The number of fused-ring (bicyclic) bond motifs is 1. The highest BCUT2D eigenvalue weighted by atomic mass is 35.5. The van der Waals surface area contributed by atoms with Crippen LogP contribution in [-0.2, 0) is 0 Å². The monoisotopic (exact) mass is 424 g/mol. The molecule has 7 heteroatoms. The molecule has 1 aromatic carbocycles. The number of pyridine rings is 2. The van der Waals surface area contributed by atoms with Crippen LogP contribution in [0.4, 0.5) is 11.4 Å². The third-order valence-corrected chi connectivity index (χ3v) is 5.65. The second-order valence-corrected chi connectivity index (χ2v) is 7.98. The maximum Gasteiger partial charge on any atom is 0.257 e. The summed E-state index contributed by atoms with van der Waals surface area (Å²) in [6, 6.07) is 9.22. The molecule has 3 aromatic rings. The number of ether oxygens (including phenoxy) is 1. The molecule has 0 radical (unpaired) electrons. The van der Waals surface area contributed by atoms with Crippen LogP contribution in [0, 0.1) is 6.92 Å². The highest BCUT2D eigenvalue weighted by molar-refractivity contribution is 6.31. The van der Waals surface area contributed by atoms with E-state index < -0.39 is 0 Å². The summed E-state index contributed by atoms with van der Waals surface area (Å²) in [5.74, 6) is 0.618. The van der Waals surface area contributed by atoms with Crippen molar-refractivity contribution in [1.29, 1.82) is 0 Å². The molecule has 0 atom stereocenters. The Balaban J connectivity index is 1.83. The first-order valence-electron chi connectivity index (χ1n) is 10.2. The lowest BCUT2D eigenvalue weighted by molar-refractivity contribution is 0.0762. The molecule has 30 heavy (non-hydrogen) atoms. The molecule has 3 heterocycles. The van der Waals surface area contributed by atoms with Crippen molar-refractivity contribution < 1.29 is 9.53 Å². The van der Waals surface area contributed by atoms with Gasteiger partial charge in [-0.05, 0) is 50.1 Å². The lowest BCUT2D eigenvalue weighted by Gasteiger charge is -2.23. The van der Waals surface area contributed by atoms with Crippen LogP contribution in [0.25, 0.3) is 11.0 Å². The number of amides is 1. The number of likely N-dealkylation sites (tertiary alicyclic amines) is 1. The van der Waals surface area contributed by atoms with E-state index in [0.29, 0.717) is 33.4 Å². The van der Waals surface area contributed by atoms with Crippen LogP contribution in [0.2, 0.25) is 5.02 Å². The summed E-state index contributed by atoms with van der Waals surface area (Å²) in [7, 11) is 1.60. The Hall–Kier alpha value is -2.86. The predicted octanol–water partition coefficient (Wildman–Crippen LogP) is 5.36. The number of aryl methyl sites for hydroxylation is 1. The van der Waals surface area contributed by atoms with E-state index in [1.165, 1.54) is 0 Å². The normalized spacial score (nSPS) is 14.4. The highest BCUT2D eigenvalue weighted by Crippen LogP contribution is 2.35. The average Bonchev–Trinajstić information content (AvgIpc) is 3.03. The van der Waals surface area contributed by atoms with E-state index in [-0.39, 0.29) is 5.91 Å². The molecule has 4 rings (SSSR count). The number of halogens is 1. The molecule has 1 N–H and O–H groups in total. The summed E-state index contributed by atoms with van der Waals surface area (Å²) < 4.78 is 5.49. The van der Waals surface area contributed by atoms with Gasteiger partial charge in [-0.25, -0.2) is 9.97 Å². The van der Waals surface area contributed by atoms with E-state index in [4.69, 9.17) is 16.3 Å². The van der Waals surface area contributed by atoms with E-state index in [1.807, 2.05) is 24.0 Å². The van der Waals surface area contributed by atoms with Crippen molar-refractivity contribution in [2.45, 2.75) is 32.6 Å². The first-order chi connectivity index (χ1) is 14.6. The van der Waals surface area contributed by atoms with Crippen LogP contribution in [0.15, 0.2) is 36.5 Å². The number of carbonyl (C=O) groups is 1. The third kappa shape index (κ3) is 4.19. The number of hydrogen-bond acceptors (Lipinski definition) is 5. The molecule has 0 unspecified atom stereocenters. The summed E-state index contributed by atoms with van der Waals surface area (Å²) in [6.07, 6.45) is 6.00. The molecule has 0 spiro atoms. The second-order valence-electron chi connectivity index (χ2n) is 7.55. The number of aromatic nitrogens is 2. The molecule has 1 fully saturated rings. The zero-order valence-corrected chi connectivity index (χ0v) is 18.0. The average molecular weight is 425 g/mol. The second kappa shape index (κ2) is 8.88. The van der Waals surface area contributed by atoms with Crippen molar-refractivity contribution in [3.8, 4) is 5.75 Å². The Morgan fingerprint density at radius 1 is 1.13 bits per heavy atom.